The lowest BCUT2D eigenvalue weighted by atomic mass is 10.1. The lowest BCUT2D eigenvalue weighted by Gasteiger charge is -2.17. The SMILES string of the molecule is C#CCC(C)ON1C(=O)c2ccccc2C1=O. The van der Waals surface area contributed by atoms with Crippen LogP contribution >= 0.6 is 0 Å². The highest BCUT2D eigenvalue weighted by molar-refractivity contribution is 6.20. The maximum absolute atomic E-state index is 11.9. The Kier molecular flexibility index (Phi) is 2.94. The van der Waals surface area contributed by atoms with E-state index in [9.17, 15) is 9.59 Å². The average Bonchev–Trinajstić information content (AvgIpc) is 2.56. The molecule has 2 rings (SSSR count). The highest BCUT2D eigenvalue weighted by Gasteiger charge is 2.37. The van der Waals surface area contributed by atoms with Crippen molar-refractivity contribution >= 4 is 11.8 Å². The second-order valence-electron chi connectivity index (χ2n) is 3.77. The van der Waals surface area contributed by atoms with Gasteiger partial charge in [-0.15, -0.1) is 17.4 Å². The largest absolute Gasteiger partial charge is 0.285 e. The van der Waals surface area contributed by atoms with E-state index < -0.39 is 11.8 Å². The molecule has 0 fully saturated rings. The summed E-state index contributed by atoms with van der Waals surface area (Å²) in [5.41, 5.74) is 0.732. The number of nitrogens with zero attached hydrogens (tertiary/aromatic N) is 1. The molecule has 0 bridgehead atoms. The molecule has 1 aromatic carbocycles. The summed E-state index contributed by atoms with van der Waals surface area (Å²) >= 11 is 0. The van der Waals surface area contributed by atoms with Gasteiger partial charge in [0, 0.05) is 6.42 Å². The van der Waals surface area contributed by atoms with Crippen molar-refractivity contribution in [3.05, 3.63) is 35.4 Å². The molecule has 4 nitrogen and oxygen atoms in total. The van der Waals surface area contributed by atoms with Gasteiger partial charge in [-0.05, 0) is 19.1 Å². The Morgan fingerprint density at radius 1 is 1.29 bits per heavy atom. The van der Waals surface area contributed by atoms with Crippen molar-refractivity contribution in [2.75, 3.05) is 0 Å². The monoisotopic (exact) mass is 229 g/mol. The molecule has 0 radical (unpaired) electrons. The maximum Gasteiger partial charge on any atom is 0.285 e. The van der Waals surface area contributed by atoms with Crippen LogP contribution in [0.4, 0.5) is 0 Å². The van der Waals surface area contributed by atoms with Gasteiger partial charge in [-0.3, -0.25) is 14.4 Å². The van der Waals surface area contributed by atoms with Crippen LogP contribution in [0, 0.1) is 12.3 Å². The Balaban J connectivity index is 2.22. The van der Waals surface area contributed by atoms with Crippen LogP contribution in [0.25, 0.3) is 0 Å². The van der Waals surface area contributed by atoms with Crippen LogP contribution in [-0.2, 0) is 4.84 Å². The van der Waals surface area contributed by atoms with E-state index in [1.165, 1.54) is 0 Å². The van der Waals surface area contributed by atoms with Gasteiger partial charge in [0.1, 0.15) is 0 Å². The van der Waals surface area contributed by atoms with Crippen molar-refractivity contribution in [2.45, 2.75) is 19.4 Å². The smallest absolute Gasteiger partial charge is 0.266 e. The molecule has 0 spiro atoms. The van der Waals surface area contributed by atoms with Crippen LogP contribution in [0.5, 0.6) is 0 Å². The van der Waals surface area contributed by atoms with Crippen molar-refractivity contribution in [2.24, 2.45) is 0 Å². The third kappa shape index (κ3) is 1.93. The number of benzene rings is 1. The number of imide groups is 1. The van der Waals surface area contributed by atoms with Gasteiger partial charge < -0.3 is 0 Å². The van der Waals surface area contributed by atoms with Gasteiger partial charge in [-0.1, -0.05) is 12.1 Å². The molecule has 86 valence electrons. The van der Waals surface area contributed by atoms with Gasteiger partial charge in [-0.2, -0.15) is 0 Å². The number of rotatable bonds is 3. The van der Waals surface area contributed by atoms with E-state index in [-0.39, 0.29) is 6.10 Å². The zero-order valence-electron chi connectivity index (χ0n) is 9.34. The number of hydroxylamine groups is 2. The fraction of sp³-hybridized carbons (Fsp3) is 0.231. The highest BCUT2D eigenvalue weighted by atomic mass is 16.7. The zero-order chi connectivity index (χ0) is 12.4. The van der Waals surface area contributed by atoms with Crippen LogP contribution in [0.3, 0.4) is 0 Å². The molecular weight excluding hydrogens is 218 g/mol. The predicted octanol–water partition coefficient (Wildman–Crippen LogP) is 1.63. The summed E-state index contributed by atoms with van der Waals surface area (Å²) in [6, 6.07) is 6.62. The molecule has 1 aromatic rings. The van der Waals surface area contributed by atoms with E-state index >= 15 is 0 Å². The van der Waals surface area contributed by atoms with E-state index in [4.69, 9.17) is 11.3 Å². The van der Waals surface area contributed by atoms with Crippen molar-refractivity contribution in [3.8, 4) is 12.3 Å². The second kappa shape index (κ2) is 4.40. The first kappa shape index (κ1) is 11.4. The van der Waals surface area contributed by atoms with E-state index in [0.717, 1.165) is 5.06 Å². The van der Waals surface area contributed by atoms with E-state index in [1.807, 2.05) is 0 Å². The fourth-order valence-corrected chi connectivity index (χ4v) is 1.65. The zero-order valence-corrected chi connectivity index (χ0v) is 9.34. The van der Waals surface area contributed by atoms with Crippen molar-refractivity contribution in [1.29, 1.82) is 0 Å². The Morgan fingerprint density at radius 2 is 1.82 bits per heavy atom. The van der Waals surface area contributed by atoms with Crippen LogP contribution in [0.1, 0.15) is 34.1 Å². The predicted molar refractivity (Wildman–Crippen MR) is 60.9 cm³/mol. The molecule has 1 unspecified atom stereocenters. The first-order valence-corrected chi connectivity index (χ1v) is 5.23. The fourth-order valence-electron chi connectivity index (χ4n) is 1.65. The molecule has 0 aromatic heterocycles. The third-order valence-electron chi connectivity index (χ3n) is 2.45. The lowest BCUT2D eigenvalue weighted by molar-refractivity contribution is -0.124. The quantitative estimate of drug-likeness (QED) is 0.584. The Bertz CT molecular complexity index is 481. The second-order valence-corrected chi connectivity index (χ2v) is 3.77. The topological polar surface area (TPSA) is 46.6 Å². The first-order chi connectivity index (χ1) is 8.15. The molecule has 0 aliphatic carbocycles. The van der Waals surface area contributed by atoms with Crippen molar-refractivity contribution in [3.63, 3.8) is 0 Å². The molecule has 0 saturated heterocycles. The number of carbonyl (C=O) groups is 2. The van der Waals surface area contributed by atoms with Crippen molar-refractivity contribution < 1.29 is 14.4 Å². The maximum atomic E-state index is 11.9. The molecule has 0 saturated carbocycles. The van der Waals surface area contributed by atoms with Gasteiger partial charge in [0.2, 0.25) is 0 Å². The molecule has 17 heavy (non-hydrogen) atoms. The molecule has 4 heteroatoms. The third-order valence-corrected chi connectivity index (χ3v) is 2.45. The number of carbonyl (C=O) groups excluding carboxylic acids is 2. The summed E-state index contributed by atoms with van der Waals surface area (Å²) in [6.07, 6.45) is 5.11. The lowest BCUT2D eigenvalue weighted by Crippen LogP contribution is -2.33. The minimum atomic E-state index is -0.436. The van der Waals surface area contributed by atoms with Gasteiger partial charge in [0.05, 0.1) is 17.2 Å². The van der Waals surface area contributed by atoms with Gasteiger partial charge in [-0.25, -0.2) is 0 Å². The van der Waals surface area contributed by atoms with Crippen molar-refractivity contribution in [1.82, 2.24) is 5.06 Å². The Morgan fingerprint density at radius 3 is 2.29 bits per heavy atom. The molecule has 2 amide bonds. The van der Waals surface area contributed by atoms with Gasteiger partial charge in [0.25, 0.3) is 11.8 Å². The van der Waals surface area contributed by atoms with Crippen LogP contribution in [0.15, 0.2) is 24.3 Å². The van der Waals surface area contributed by atoms with E-state index in [1.54, 1.807) is 31.2 Å². The Labute approximate surface area is 99.1 Å². The minimum absolute atomic E-state index is 0.341. The van der Waals surface area contributed by atoms with E-state index in [0.29, 0.717) is 17.5 Å². The average molecular weight is 229 g/mol. The molecule has 1 aliphatic rings. The van der Waals surface area contributed by atoms with E-state index in [2.05, 4.69) is 5.92 Å². The number of amides is 2. The highest BCUT2D eigenvalue weighted by Crippen LogP contribution is 2.23. The number of hydrogen-bond acceptors (Lipinski definition) is 3. The number of hydrogen-bond donors (Lipinski definition) is 0. The number of fused-ring (bicyclic) bond motifs is 1. The summed E-state index contributed by atoms with van der Waals surface area (Å²) in [5.74, 6) is 1.55. The summed E-state index contributed by atoms with van der Waals surface area (Å²) in [6.45, 7) is 1.71. The Hall–Kier alpha value is -2.12. The molecular formula is C13H11NO3. The van der Waals surface area contributed by atoms with Crippen LogP contribution in [0.2, 0.25) is 0 Å². The first-order valence-electron chi connectivity index (χ1n) is 5.23. The summed E-state index contributed by atoms with van der Waals surface area (Å²) < 4.78 is 0. The number of terminal acetylenes is 1. The molecule has 1 heterocycles. The van der Waals surface area contributed by atoms with Gasteiger partial charge in [0.15, 0.2) is 0 Å². The summed E-state index contributed by atoms with van der Waals surface area (Å²) in [7, 11) is 0. The molecule has 1 aliphatic heterocycles. The molecule has 1 atom stereocenters. The standard InChI is InChI=1S/C13H11NO3/c1-3-6-9(2)17-14-12(15)10-7-4-5-8-11(10)13(14)16/h1,4-5,7-9H,6H2,2H3. The minimum Gasteiger partial charge on any atom is -0.266 e. The van der Waals surface area contributed by atoms with Crippen LogP contribution < -0.4 is 0 Å². The summed E-state index contributed by atoms with van der Waals surface area (Å²) in [4.78, 5) is 29.0. The van der Waals surface area contributed by atoms with Gasteiger partial charge >= 0.3 is 0 Å². The summed E-state index contributed by atoms with van der Waals surface area (Å²) in [5, 5.41) is 0.784. The molecule has 0 N–H and O–H groups in total. The van der Waals surface area contributed by atoms with Crippen LogP contribution in [-0.4, -0.2) is 23.0 Å². The normalized spacial score (nSPS) is 15.6.